The summed E-state index contributed by atoms with van der Waals surface area (Å²) in [5.74, 6) is 1.02. The topological polar surface area (TPSA) is 41.4 Å². The van der Waals surface area contributed by atoms with E-state index in [1.54, 1.807) is 6.20 Å². The smallest absolute Gasteiger partial charge is 0.254 e. The molecule has 0 spiro atoms. The minimum absolute atomic E-state index is 0.0722. The second-order valence-electron chi connectivity index (χ2n) is 5.21. The Kier molecular flexibility index (Phi) is 3.18. The Bertz CT molecular complexity index is 632. The van der Waals surface area contributed by atoms with Crippen LogP contribution < -0.4 is 4.90 Å². The van der Waals surface area contributed by atoms with Crippen molar-refractivity contribution >= 4 is 11.6 Å². The Hall–Kier alpha value is -2.30. The zero-order chi connectivity index (χ0) is 14.1. The monoisotopic (exact) mass is 270 g/mol. The maximum absolute atomic E-state index is 12.6. The average Bonchev–Trinajstić information content (AvgIpc) is 2.94. The summed E-state index contributed by atoms with van der Waals surface area (Å²) in [7, 11) is 3.95. The van der Waals surface area contributed by atoms with Crippen molar-refractivity contribution in [1.29, 1.82) is 0 Å². The number of imidazole rings is 1. The van der Waals surface area contributed by atoms with Crippen molar-refractivity contribution in [3.63, 3.8) is 0 Å². The number of fused-ring (bicyclic) bond motifs is 1. The van der Waals surface area contributed by atoms with Crippen LogP contribution in [-0.2, 0) is 13.1 Å². The van der Waals surface area contributed by atoms with E-state index in [4.69, 9.17) is 0 Å². The van der Waals surface area contributed by atoms with Gasteiger partial charge in [0, 0.05) is 50.8 Å². The molecule has 0 saturated carbocycles. The highest BCUT2D eigenvalue weighted by Gasteiger charge is 2.22. The van der Waals surface area contributed by atoms with Crippen molar-refractivity contribution in [3.8, 4) is 0 Å². The highest BCUT2D eigenvalue weighted by atomic mass is 16.2. The molecule has 1 amide bonds. The number of hydrogen-bond donors (Lipinski definition) is 0. The van der Waals surface area contributed by atoms with Crippen LogP contribution in [0.15, 0.2) is 36.7 Å². The summed E-state index contributed by atoms with van der Waals surface area (Å²) in [6.07, 6.45) is 3.75. The van der Waals surface area contributed by atoms with Gasteiger partial charge in [0.05, 0.1) is 6.54 Å². The molecule has 1 aliphatic heterocycles. The predicted molar refractivity (Wildman–Crippen MR) is 77.7 cm³/mol. The maximum Gasteiger partial charge on any atom is 0.254 e. The van der Waals surface area contributed by atoms with Gasteiger partial charge in [-0.15, -0.1) is 0 Å². The van der Waals surface area contributed by atoms with E-state index in [9.17, 15) is 4.79 Å². The Morgan fingerprint density at radius 3 is 2.95 bits per heavy atom. The van der Waals surface area contributed by atoms with E-state index < -0.39 is 0 Å². The van der Waals surface area contributed by atoms with Gasteiger partial charge in [0.25, 0.3) is 5.91 Å². The number of carbonyl (C=O) groups excluding carboxylic acids is 1. The molecule has 104 valence electrons. The highest BCUT2D eigenvalue weighted by Crippen LogP contribution is 2.18. The van der Waals surface area contributed by atoms with Crippen molar-refractivity contribution in [2.75, 3.05) is 25.5 Å². The minimum atomic E-state index is 0.0722. The van der Waals surface area contributed by atoms with Crippen molar-refractivity contribution in [2.45, 2.75) is 13.1 Å². The van der Waals surface area contributed by atoms with Crippen LogP contribution in [0.3, 0.4) is 0 Å². The highest BCUT2D eigenvalue weighted by molar-refractivity contribution is 5.95. The third kappa shape index (κ3) is 2.27. The molecule has 0 saturated heterocycles. The molecular weight excluding hydrogens is 252 g/mol. The molecule has 20 heavy (non-hydrogen) atoms. The van der Waals surface area contributed by atoms with Gasteiger partial charge in [0.15, 0.2) is 0 Å². The number of amides is 1. The number of aromatic nitrogens is 2. The van der Waals surface area contributed by atoms with Gasteiger partial charge in [-0.05, 0) is 18.2 Å². The van der Waals surface area contributed by atoms with Gasteiger partial charge in [-0.25, -0.2) is 4.98 Å². The fourth-order valence-corrected chi connectivity index (χ4v) is 2.45. The Morgan fingerprint density at radius 1 is 1.30 bits per heavy atom. The number of benzene rings is 1. The summed E-state index contributed by atoms with van der Waals surface area (Å²) < 4.78 is 2.10. The Labute approximate surface area is 118 Å². The largest absolute Gasteiger partial charge is 0.378 e. The number of carbonyl (C=O) groups is 1. The lowest BCUT2D eigenvalue weighted by atomic mass is 10.1. The molecule has 0 radical (unpaired) electrons. The first kappa shape index (κ1) is 12.7. The molecule has 1 aromatic heterocycles. The standard InChI is InChI=1S/C15H18N4O/c1-17(2)13-5-3-4-12(10-13)15(20)19-9-8-18-7-6-16-14(18)11-19/h3-7,10H,8-9,11H2,1-2H3. The first-order valence-corrected chi connectivity index (χ1v) is 6.72. The lowest BCUT2D eigenvalue weighted by Gasteiger charge is -2.28. The van der Waals surface area contributed by atoms with Crippen LogP contribution >= 0.6 is 0 Å². The van der Waals surface area contributed by atoms with Crippen molar-refractivity contribution in [2.24, 2.45) is 0 Å². The minimum Gasteiger partial charge on any atom is -0.378 e. The van der Waals surface area contributed by atoms with Gasteiger partial charge < -0.3 is 14.4 Å². The first-order valence-electron chi connectivity index (χ1n) is 6.72. The van der Waals surface area contributed by atoms with Crippen molar-refractivity contribution in [1.82, 2.24) is 14.5 Å². The third-order valence-electron chi connectivity index (χ3n) is 3.64. The molecule has 0 bridgehead atoms. The van der Waals surface area contributed by atoms with Gasteiger partial charge in [-0.3, -0.25) is 4.79 Å². The van der Waals surface area contributed by atoms with Crippen LogP contribution in [-0.4, -0.2) is 41.0 Å². The molecule has 2 aromatic rings. The van der Waals surface area contributed by atoms with E-state index in [0.29, 0.717) is 6.54 Å². The van der Waals surface area contributed by atoms with Crippen LogP contribution in [0, 0.1) is 0 Å². The number of nitrogens with zero attached hydrogens (tertiary/aromatic N) is 4. The molecule has 0 unspecified atom stereocenters. The summed E-state index contributed by atoms with van der Waals surface area (Å²) in [4.78, 5) is 20.7. The number of hydrogen-bond acceptors (Lipinski definition) is 3. The molecule has 3 rings (SSSR count). The summed E-state index contributed by atoms with van der Waals surface area (Å²) in [5, 5.41) is 0. The van der Waals surface area contributed by atoms with Crippen LogP contribution in [0.2, 0.25) is 0 Å². The SMILES string of the molecule is CN(C)c1cccc(C(=O)N2CCn3ccnc3C2)c1. The fraction of sp³-hybridized carbons (Fsp3) is 0.333. The fourth-order valence-electron chi connectivity index (χ4n) is 2.45. The number of rotatable bonds is 2. The van der Waals surface area contributed by atoms with Gasteiger partial charge in [0.2, 0.25) is 0 Å². The van der Waals surface area contributed by atoms with Crippen LogP contribution in [0.4, 0.5) is 5.69 Å². The van der Waals surface area contributed by atoms with Crippen molar-refractivity contribution < 1.29 is 4.79 Å². The van der Waals surface area contributed by atoms with Crippen LogP contribution in [0.25, 0.3) is 0 Å². The van der Waals surface area contributed by atoms with E-state index >= 15 is 0 Å². The van der Waals surface area contributed by atoms with Gasteiger partial charge in [0.1, 0.15) is 5.82 Å². The van der Waals surface area contributed by atoms with E-state index in [2.05, 4.69) is 9.55 Å². The maximum atomic E-state index is 12.6. The normalized spacial score (nSPS) is 14.0. The van der Waals surface area contributed by atoms with Crippen LogP contribution in [0.1, 0.15) is 16.2 Å². The molecule has 5 heteroatoms. The molecule has 0 N–H and O–H groups in total. The van der Waals surface area contributed by atoms with Gasteiger partial charge in [-0.1, -0.05) is 6.07 Å². The summed E-state index contributed by atoms with van der Waals surface area (Å²) >= 11 is 0. The zero-order valence-corrected chi connectivity index (χ0v) is 11.8. The quantitative estimate of drug-likeness (QED) is 0.832. The average molecular weight is 270 g/mol. The summed E-state index contributed by atoms with van der Waals surface area (Å²) in [6, 6.07) is 7.73. The number of anilines is 1. The van der Waals surface area contributed by atoms with Crippen molar-refractivity contribution in [3.05, 3.63) is 48.0 Å². The molecule has 0 aliphatic carbocycles. The van der Waals surface area contributed by atoms with Gasteiger partial charge in [-0.2, -0.15) is 0 Å². The molecular formula is C15H18N4O. The molecule has 0 fully saturated rings. The lowest BCUT2D eigenvalue weighted by molar-refractivity contribution is 0.0707. The molecule has 1 aliphatic rings. The van der Waals surface area contributed by atoms with Crippen LogP contribution in [0.5, 0.6) is 0 Å². The second kappa shape index (κ2) is 5.00. The lowest BCUT2D eigenvalue weighted by Crippen LogP contribution is -2.38. The third-order valence-corrected chi connectivity index (χ3v) is 3.64. The van der Waals surface area contributed by atoms with E-state index in [1.807, 2.05) is 54.4 Å². The Balaban J connectivity index is 1.81. The van der Waals surface area contributed by atoms with E-state index in [-0.39, 0.29) is 5.91 Å². The summed E-state index contributed by atoms with van der Waals surface area (Å²) in [5.41, 5.74) is 1.77. The second-order valence-corrected chi connectivity index (χ2v) is 5.21. The predicted octanol–water partition coefficient (Wildman–Crippen LogP) is 1.61. The Morgan fingerprint density at radius 2 is 2.15 bits per heavy atom. The molecule has 2 heterocycles. The first-order chi connectivity index (χ1) is 9.65. The molecule has 5 nitrogen and oxygen atoms in total. The summed E-state index contributed by atoms with van der Waals surface area (Å²) in [6.45, 7) is 2.13. The molecule has 1 aromatic carbocycles. The zero-order valence-electron chi connectivity index (χ0n) is 11.8. The van der Waals surface area contributed by atoms with E-state index in [0.717, 1.165) is 30.2 Å². The molecule has 0 atom stereocenters. The van der Waals surface area contributed by atoms with Gasteiger partial charge >= 0.3 is 0 Å². The van der Waals surface area contributed by atoms with E-state index in [1.165, 1.54) is 0 Å².